The summed E-state index contributed by atoms with van der Waals surface area (Å²) in [5.74, 6) is -0.899. The maximum absolute atomic E-state index is 13.0. The minimum atomic E-state index is -0.519. The molecule has 1 heterocycles. The molecule has 0 saturated carbocycles. The Bertz CT molecular complexity index is 700. The number of hydrogen-bond donors (Lipinski definition) is 1. The largest absolute Gasteiger partial charge is 0.319 e. The van der Waals surface area contributed by atoms with Crippen LogP contribution < -0.4 is 5.32 Å². The molecular formula is C14H13FN4O. The molecule has 2 aromatic rings. The van der Waals surface area contributed by atoms with Crippen molar-refractivity contribution in [1.82, 2.24) is 9.78 Å². The summed E-state index contributed by atoms with van der Waals surface area (Å²) in [6, 6.07) is 7.15. The minimum Gasteiger partial charge on any atom is -0.319 e. The van der Waals surface area contributed by atoms with Crippen LogP contribution in [0.1, 0.15) is 28.7 Å². The molecule has 0 spiro atoms. The molecule has 0 aliphatic carbocycles. The van der Waals surface area contributed by atoms with E-state index in [9.17, 15) is 9.18 Å². The first-order chi connectivity index (χ1) is 9.55. The fourth-order valence-corrected chi connectivity index (χ4v) is 1.87. The summed E-state index contributed by atoms with van der Waals surface area (Å²) >= 11 is 0. The number of nitrogens with one attached hydrogen (secondary N) is 1. The van der Waals surface area contributed by atoms with E-state index in [1.165, 1.54) is 12.1 Å². The average Bonchev–Trinajstić information content (AvgIpc) is 2.82. The van der Waals surface area contributed by atoms with Crippen molar-refractivity contribution in [2.24, 2.45) is 0 Å². The Morgan fingerprint density at radius 2 is 2.25 bits per heavy atom. The third-order valence-corrected chi connectivity index (χ3v) is 2.78. The maximum Gasteiger partial charge on any atom is 0.273 e. The number of aromatic nitrogens is 2. The number of nitriles is 1. The molecule has 0 fully saturated rings. The van der Waals surface area contributed by atoms with E-state index in [4.69, 9.17) is 5.26 Å². The van der Waals surface area contributed by atoms with E-state index in [1.807, 2.05) is 13.0 Å². The Hall–Kier alpha value is -2.68. The second-order valence-corrected chi connectivity index (χ2v) is 4.24. The van der Waals surface area contributed by atoms with Gasteiger partial charge in [-0.25, -0.2) is 4.39 Å². The number of carbonyl (C=O) groups is 1. The van der Waals surface area contributed by atoms with Gasteiger partial charge in [0.1, 0.15) is 17.6 Å². The molecule has 1 amide bonds. The lowest BCUT2D eigenvalue weighted by Crippen LogP contribution is -2.18. The van der Waals surface area contributed by atoms with Crippen molar-refractivity contribution in [3.8, 4) is 6.07 Å². The summed E-state index contributed by atoms with van der Waals surface area (Å²) in [5.41, 5.74) is 1.49. The highest BCUT2D eigenvalue weighted by Crippen LogP contribution is 2.17. The number of rotatable bonds is 3. The van der Waals surface area contributed by atoms with Crippen molar-refractivity contribution in [3.05, 3.63) is 47.0 Å². The van der Waals surface area contributed by atoms with Gasteiger partial charge in [-0.15, -0.1) is 0 Å². The molecule has 1 aromatic heterocycles. The zero-order valence-corrected chi connectivity index (χ0v) is 11.1. The lowest BCUT2D eigenvalue weighted by Gasteiger charge is -2.08. The van der Waals surface area contributed by atoms with Gasteiger partial charge >= 0.3 is 0 Å². The SMILES string of the molecule is CCn1nc(C)cc1C(=O)Nc1ccc(F)cc1C#N. The first-order valence-electron chi connectivity index (χ1n) is 6.10. The van der Waals surface area contributed by atoms with Crippen LogP contribution in [0.5, 0.6) is 0 Å². The molecule has 0 aliphatic rings. The van der Waals surface area contributed by atoms with Crippen LogP contribution >= 0.6 is 0 Å². The predicted octanol–water partition coefficient (Wildman–Crippen LogP) is 2.47. The monoisotopic (exact) mass is 272 g/mol. The van der Waals surface area contributed by atoms with Crippen molar-refractivity contribution in [2.75, 3.05) is 5.32 Å². The molecule has 1 N–H and O–H groups in total. The van der Waals surface area contributed by atoms with Crippen LogP contribution in [0.15, 0.2) is 24.3 Å². The van der Waals surface area contributed by atoms with Gasteiger partial charge in [-0.05, 0) is 38.1 Å². The van der Waals surface area contributed by atoms with Gasteiger partial charge in [0.15, 0.2) is 0 Å². The van der Waals surface area contributed by atoms with E-state index in [-0.39, 0.29) is 17.2 Å². The Kier molecular flexibility index (Phi) is 3.80. The van der Waals surface area contributed by atoms with Crippen LogP contribution in [0.4, 0.5) is 10.1 Å². The summed E-state index contributed by atoms with van der Waals surface area (Å²) in [7, 11) is 0. The standard InChI is InChI=1S/C14H13FN4O/c1-3-19-13(6-9(2)18-19)14(20)17-12-5-4-11(15)7-10(12)8-16/h4-7H,3H2,1-2H3,(H,17,20). The summed E-state index contributed by atoms with van der Waals surface area (Å²) < 4.78 is 14.6. The number of amides is 1. The van der Waals surface area contributed by atoms with E-state index in [1.54, 1.807) is 17.7 Å². The smallest absolute Gasteiger partial charge is 0.273 e. The number of benzene rings is 1. The van der Waals surface area contributed by atoms with Crippen LogP contribution in [0.2, 0.25) is 0 Å². The number of nitrogens with zero attached hydrogens (tertiary/aromatic N) is 3. The zero-order chi connectivity index (χ0) is 14.7. The van der Waals surface area contributed by atoms with Crippen molar-refractivity contribution in [3.63, 3.8) is 0 Å². The van der Waals surface area contributed by atoms with Gasteiger partial charge in [0, 0.05) is 6.54 Å². The normalized spacial score (nSPS) is 10.1. The molecule has 102 valence electrons. The lowest BCUT2D eigenvalue weighted by atomic mass is 10.2. The maximum atomic E-state index is 13.0. The fraction of sp³-hybridized carbons (Fsp3) is 0.214. The third-order valence-electron chi connectivity index (χ3n) is 2.78. The Morgan fingerprint density at radius 3 is 2.90 bits per heavy atom. The van der Waals surface area contributed by atoms with Gasteiger partial charge in [0.05, 0.1) is 16.9 Å². The minimum absolute atomic E-state index is 0.0811. The molecule has 1 aromatic carbocycles. The molecule has 0 aliphatic heterocycles. The van der Waals surface area contributed by atoms with E-state index in [0.717, 1.165) is 11.8 Å². The molecule has 20 heavy (non-hydrogen) atoms. The van der Waals surface area contributed by atoms with Crippen LogP contribution in [-0.4, -0.2) is 15.7 Å². The topological polar surface area (TPSA) is 70.7 Å². The van der Waals surface area contributed by atoms with Gasteiger partial charge < -0.3 is 5.32 Å². The van der Waals surface area contributed by atoms with Crippen LogP contribution in [0, 0.1) is 24.1 Å². The van der Waals surface area contributed by atoms with Crippen molar-refractivity contribution in [2.45, 2.75) is 20.4 Å². The second kappa shape index (κ2) is 5.53. The molecule has 0 bridgehead atoms. The first kappa shape index (κ1) is 13.7. The molecular weight excluding hydrogens is 259 g/mol. The average molecular weight is 272 g/mol. The van der Waals surface area contributed by atoms with Gasteiger partial charge in [0.2, 0.25) is 0 Å². The molecule has 5 nitrogen and oxygen atoms in total. The quantitative estimate of drug-likeness (QED) is 0.933. The molecule has 0 atom stereocenters. The zero-order valence-electron chi connectivity index (χ0n) is 11.1. The summed E-state index contributed by atoms with van der Waals surface area (Å²) in [6.45, 7) is 4.23. The first-order valence-corrected chi connectivity index (χ1v) is 6.10. The highest BCUT2D eigenvalue weighted by Gasteiger charge is 2.15. The van der Waals surface area contributed by atoms with Crippen LogP contribution in [0.25, 0.3) is 0 Å². The highest BCUT2D eigenvalue weighted by molar-refractivity contribution is 6.03. The number of anilines is 1. The summed E-state index contributed by atoms with van der Waals surface area (Å²) in [5, 5.41) is 15.7. The number of halogens is 1. The Balaban J connectivity index is 2.30. The third kappa shape index (κ3) is 2.67. The number of carbonyl (C=O) groups excluding carboxylic acids is 1. The van der Waals surface area contributed by atoms with Gasteiger partial charge in [-0.2, -0.15) is 10.4 Å². The molecule has 6 heteroatoms. The predicted molar refractivity (Wildman–Crippen MR) is 71.7 cm³/mol. The van der Waals surface area contributed by atoms with Crippen molar-refractivity contribution >= 4 is 11.6 Å². The fourth-order valence-electron chi connectivity index (χ4n) is 1.87. The van der Waals surface area contributed by atoms with Gasteiger partial charge in [-0.3, -0.25) is 9.48 Å². The number of aryl methyl sites for hydroxylation is 2. The summed E-state index contributed by atoms with van der Waals surface area (Å²) in [6.07, 6.45) is 0. The van der Waals surface area contributed by atoms with E-state index in [2.05, 4.69) is 10.4 Å². The molecule has 0 unspecified atom stereocenters. The van der Waals surface area contributed by atoms with Crippen molar-refractivity contribution in [1.29, 1.82) is 5.26 Å². The summed E-state index contributed by atoms with van der Waals surface area (Å²) in [4.78, 5) is 12.2. The molecule has 0 saturated heterocycles. The van der Waals surface area contributed by atoms with Crippen LogP contribution in [-0.2, 0) is 6.54 Å². The van der Waals surface area contributed by atoms with E-state index < -0.39 is 5.82 Å². The molecule has 2 rings (SSSR count). The van der Waals surface area contributed by atoms with E-state index in [0.29, 0.717) is 12.2 Å². The lowest BCUT2D eigenvalue weighted by molar-refractivity contribution is 0.101. The Morgan fingerprint density at radius 1 is 1.50 bits per heavy atom. The highest BCUT2D eigenvalue weighted by atomic mass is 19.1. The van der Waals surface area contributed by atoms with Gasteiger partial charge in [-0.1, -0.05) is 0 Å². The number of hydrogen-bond acceptors (Lipinski definition) is 3. The Labute approximate surface area is 115 Å². The van der Waals surface area contributed by atoms with Gasteiger partial charge in [0.25, 0.3) is 5.91 Å². The second-order valence-electron chi connectivity index (χ2n) is 4.24. The van der Waals surface area contributed by atoms with E-state index >= 15 is 0 Å². The van der Waals surface area contributed by atoms with Crippen LogP contribution in [0.3, 0.4) is 0 Å². The van der Waals surface area contributed by atoms with Crippen molar-refractivity contribution < 1.29 is 9.18 Å². The molecule has 0 radical (unpaired) electrons.